The van der Waals surface area contributed by atoms with Crippen LogP contribution in [-0.2, 0) is 4.79 Å². The molecule has 0 unspecified atom stereocenters. The molecule has 1 aliphatic heterocycles. The molecule has 1 saturated heterocycles. The number of hydrogen-bond donors (Lipinski definition) is 1. The zero-order valence-corrected chi connectivity index (χ0v) is 15.9. The van der Waals surface area contributed by atoms with Crippen molar-refractivity contribution in [3.8, 4) is 0 Å². The van der Waals surface area contributed by atoms with Gasteiger partial charge < -0.3 is 10.2 Å². The minimum Gasteiger partial charge on any atom is -0.352 e. The highest BCUT2D eigenvalue weighted by Crippen LogP contribution is 2.25. The van der Waals surface area contributed by atoms with Crippen molar-refractivity contribution >= 4 is 5.91 Å². The third-order valence-corrected chi connectivity index (χ3v) is 5.09. The number of rotatable bonds is 6. The summed E-state index contributed by atoms with van der Waals surface area (Å²) in [7, 11) is 0. The van der Waals surface area contributed by atoms with E-state index >= 15 is 0 Å². The largest absolute Gasteiger partial charge is 0.352 e. The first-order chi connectivity index (χ1) is 12.6. The third kappa shape index (κ3) is 4.95. The topological polar surface area (TPSA) is 32.3 Å². The molecule has 2 aromatic carbocycles. The van der Waals surface area contributed by atoms with E-state index in [1.54, 1.807) is 0 Å². The Labute approximate surface area is 157 Å². The lowest BCUT2D eigenvalue weighted by Crippen LogP contribution is -2.46. The average Bonchev–Trinajstić information content (AvgIpc) is 2.65. The minimum atomic E-state index is -0.244. The quantitative estimate of drug-likeness (QED) is 0.852. The third-order valence-electron chi connectivity index (χ3n) is 5.09. The maximum Gasteiger partial charge on any atom is 0.232 e. The van der Waals surface area contributed by atoms with Gasteiger partial charge in [0.15, 0.2) is 0 Å². The summed E-state index contributed by atoms with van der Waals surface area (Å²) in [5.41, 5.74) is 2.10. The number of nitrogens with zero attached hydrogens (tertiary/aromatic N) is 1. The molecule has 1 heterocycles. The number of carbonyl (C=O) groups is 1. The summed E-state index contributed by atoms with van der Waals surface area (Å²) in [6.45, 7) is 7.82. The summed E-state index contributed by atoms with van der Waals surface area (Å²) in [6, 6.07) is 20.5. The van der Waals surface area contributed by atoms with Crippen LogP contribution in [-0.4, -0.2) is 36.5 Å². The van der Waals surface area contributed by atoms with E-state index in [9.17, 15) is 4.79 Å². The highest BCUT2D eigenvalue weighted by Gasteiger charge is 2.27. The van der Waals surface area contributed by atoms with Crippen molar-refractivity contribution in [2.75, 3.05) is 19.6 Å². The van der Waals surface area contributed by atoms with Crippen molar-refractivity contribution in [1.82, 2.24) is 10.2 Å². The Kier molecular flexibility index (Phi) is 6.45. The maximum atomic E-state index is 13.1. The van der Waals surface area contributed by atoms with Gasteiger partial charge in [-0.1, -0.05) is 74.5 Å². The van der Waals surface area contributed by atoms with Crippen molar-refractivity contribution < 1.29 is 4.79 Å². The first kappa shape index (κ1) is 18.7. The van der Waals surface area contributed by atoms with Gasteiger partial charge in [-0.15, -0.1) is 0 Å². The lowest BCUT2D eigenvalue weighted by atomic mass is 9.90. The number of hydrogen-bond acceptors (Lipinski definition) is 2. The van der Waals surface area contributed by atoms with E-state index in [4.69, 9.17) is 0 Å². The van der Waals surface area contributed by atoms with E-state index in [1.807, 2.05) is 60.7 Å². The van der Waals surface area contributed by atoms with Gasteiger partial charge >= 0.3 is 0 Å². The van der Waals surface area contributed by atoms with Gasteiger partial charge in [0, 0.05) is 25.7 Å². The second kappa shape index (κ2) is 9.00. The molecule has 1 N–H and O–H groups in total. The Morgan fingerprint density at radius 2 is 1.46 bits per heavy atom. The number of likely N-dealkylation sites (tertiary alicyclic amines) is 1. The molecule has 0 aliphatic carbocycles. The van der Waals surface area contributed by atoms with Gasteiger partial charge in [0.1, 0.15) is 0 Å². The summed E-state index contributed by atoms with van der Waals surface area (Å²) in [4.78, 5) is 15.7. The Morgan fingerprint density at radius 1 is 0.962 bits per heavy atom. The molecule has 3 nitrogen and oxygen atoms in total. The van der Waals surface area contributed by atoms with Crippen LogP contribution in [0.5, 0.6) is 0 Å². The summed E-state index contributed by atoms with van der Waals surface area (Å²) in [6.07, 6.45) is 2.07. The summed E-state index contributed by atoms with van der Waals surface area (Å²) in [5.74, 6) is 0.567. The Morgan fingerprint density at radius 3 is 1.92 bits per heavy atom. The molecule has 0 aromatic heterocycles. The van der Waals surface area contributed by atoms with Crippen LogP contribution in [0.4, 0.5) is 0 Å². The average molecular weight is 351 g/mol. The van der Waals surface area contributed by atoms with Gasteiger partial charge in [-0.05, 0) is 29.9 Å². The lowest BCUT2D eigenvalue weighted by Gasteiger charge is -2.34. The Bertz CT molecular complexity index is 636. The van der Waals surface area contributed by atoms with Gasteiger partial charge in [0.2, 0.25) is 5.91 Å². The van der Waals surface area contributed by atoms with Crippen LogP contribution >= 0.6 is 0 Å². The molecule has 0 radical (unpaired) electrons. The minimum absolute atomic E-state index is 0.115. The lowest BCUT2D eigenvalue weighted by molar-refractivity contribution is -0.122. The highest BCUT2D eigenvalue weighted by molar-refractivity contribution is 5.87. The molecular weight excluding hydrogens is 320 g/mol. The molecule has 1 amide bonds. The number of nitrogens with one attached hydrogen (secondary N) is 1. The van der Waals surface area contributed by atoms with Crippen molar-refractivity contribution in [1.29, 1.82) is 0 Å². The Hall–Kier alpha value is -2.13. The van der Waals surface area contributed by atoms with Crippen LogP contribution in [0.15, 0.2) is 60.7 Å². The van der Waals surface area contributed by atoms with E-state index < -0.39 is 0 Å². The number of piperidine rings is 1. The SMILES string of the molecule is CC(C)CN1CCC(NC(=O)C(c2ccccc2)c2ccccc2)CC1. The smallest absolute Gasteiger partial charge is 0.232 e. The second-order valence-corrected chi connectivity index (χ2v) is 7.73. The number of benzene rings is 2. The molecule has 0 saturated carbocycles. The van der Waals surface area contributed by atoms with E-state index in [0.717, 1.165) is 43.6 Å². The molecule has 26 heavy (non-hydrogen) atoms. The monoisotopic (exact) mass is 350 g/mol. The van der Waals surface area contributed by atoms with E-state index in [0.29, 0.717) is 5.92 Å². The zero-order valence-electron chi connectivity index (χ0n) is 15.9. The molecule has 1 aliphatic rings. The highest BCUT2D eigenvalue weighted by atomic mass is 16.1. The summed E-state index contributed by atoms with van der Waals surface area (Å²) < 4.78 is 0. The van der Waals surface area contributed by atoms with Crippen molar-refractivity contribution in [3.05, 3.63) is 71.8 Å². The van der Waals surface area contributed by atoms with Crippen LogP contribution in [0.1, 0.15) is 43.7 Å². The number of amides is 1. The van der Waals surface area contributed by atoms with Gasteiger partial charge in [-0.2, -0.15) is 0 Å². The molecule has 2 aromatic rings. The molecule has 3 heteroatoms. The standard InChI is InChI=1S/C23H30N2O/c1-18(2)17-25-15-13-21(14-16-25)24-23(26)22(19-9-5-3-6-10-19)20-11-7-4-8-12-20/h3-12,18,21-22H,13-17H2,1-2H3,(H,24,26). The van der Waals surface area contributed by atoms with Crippen LogP contribution in [0.2, 0.25) is 0 Å². The van der Waals surface area contributed by atoms with E-state index in [1.165, 1.54) is 0 Å². The molecule has 3 rings (SSSR count). The first-order valence-electron chi connectivity index (χ1n) is 9.76. The van der Waals surface area contributed by atoms with Crippen LogP contribution in [0, 0.1) is 5.92 Å². The molecule has 0 spiro atoms. The number of carbonyl (C=O) groups excluding carboxylic acids is 1. The van der Waals surface area contributed by atoms with Crippen LogP contribution in [0.3, 0.4) is 0 Å². The maximum absolute atomic E-state index is 13.1. The van der Waals surface area contributed by atoms with Crippen molar-refractivity contribution in [2.45, 2.75) is 38.6 Å². The first-order valence-corrected chi connectivity index (χ1v) is 9.76. The fraction of sp³-hybridized carbons (Fsp3) is 0.435. The van der Waals surface area contributed by atoms with Crippen LogP contribution < -0.4 is 5.32 Å². The van der Waals surface area contributed by atoms with Gasteiger partial charge in [-0.3, -0.25) is 4.79 Å². The van der Waals surface area contributed by atoms with Gasteiger partial charge in [-0.25, -0.2) is 0 Å². The molecule has 0 bridgehead atoms. The molecule has 1 fully saturated rings. The fourth-order valence-corrected chi connectivity index (χ4v) is 3.85. The predicted molar refractivity (Wildman–Crippen MR) is 107 cm³/mol. The van der Waals surface area contributed by atoms with Crippen molar-refractivity contribution in [2.24, 2.45) is 5.92 Å². The van der Waals surface area contributed by atoms with Gasteiger partial charge in [0.25, 0.3) is 0 Å². The molecular formula is C23H30N2O. The summed E-state index contributed by atoms with van der Waals surface area (Å²) >= 11 is 0. The van der Waals surface area contributed by atoms with Gasteiger partial charge in [0.05, 0.1) is 5.92 Å². The van der Waals surface area contributed by atoms with Crippen molar-refractivity contribution in [3.63, 3.8) is 0 Å². The van der Waals surface area contributed by atoms with E-state index in [2.05, 4.69) is 24.1 Å². The van der Waals surface area contributed by atoms with Crippen LogP contribution in [0.25, 0.3) is 0 Å². The van der Waals surface area contributed by atoms with E-state index in [-0.39, 0.29) is 17.9 Å². The second-order valence-electron chi connectivity index (χ2n) is 7.73. The fourth-order valence-electron chi connectivity index (χ4n) is 3.85. The predicted octanol–water partition coefficient (Wildman–Crippen LogP) is 4.06. The molecule has 0 atom stereocenters. The summed E-state index contributed by atoms with van der Waals surface area (Å²) in [5, 5.41) is 3.32. The zero-order chi connectivity index (χ0) is 18.4. The normalized spacial score (nSPS) is 16.2. The molecule has 138 valence electrons. The Balaban J connectivity index is 1.67.